The van der Waals surface area contributed by atoms with Gasteiger partial charge in [0.2, 0.25) is 14.9 Å². The van der Waals surface area contributed by atoms with Crippen molar-refractivity contribution in [1.29, 1.82) is 0 Å². The Bertz CT molecular complexity index is 826. The van der Waals surface area contributed by atoms with Gasteiger partial charge < -0.3 is 4.90 Å². The Balaban J connectivity index is 2.50. The number of sulfone groups is 1. The summed E-state index contributed by atoms with van der Waals surface area (Å²) < 4.78 is 40.0. The van der Waals surface area contributed by atoms with Crippen LogP contribution in [0.2, 0.25) is 0 Å². The van der Waals surface area contributed by atoms with Crippen LogP contribution in [-0.4, -0.2) is 42.2 Å². The van der Waals surface area contributed by atoms with E-state index in [1.807, 2.05) is 0 Å². The molecule has 6 nitrogen and oxygen atoms in total. The summed E-state index contributed by atoms with van der Waals surface area (Å²) in [6, 6.07) is 5.67. The van der Waals surface area contributed by atoms with E-state index in [9.17, 15) is 17.6 Å². The number of aryl methyl sites for hydroxylation is 1. The SMILES string of the molecule is CCN(CC)C(=O)n1cc(F)c(S(=O)(=O)c2ccccc2C)n1. The number of aromatic nitrogens is 2. The fourth-order valence-corrected chi connectivity index (χ4v) is 3.68. The van der Waals surface area contributed by atoms with Gasteiger partial charge in [-0.15, -0.1) is 5.10 Å². The number of hydrogen-bond donors (Lipinski definition) is 0. The van der Waals surface area contributed by atoms with Crippen molar-refractivity contribution < 1.29 is 17.6 Å². The van der Waals surface area contributed by atoms with Crippen LogP contribution in [0.15, 0.2) is 40.4 Å². The molecule has 0 spiro atoms. The van der Waals surface area contributed by atoms with Gasteiger partial charge in [-0.05, 0) is 32.4 Å². The molecule has 2 aromatic rings. The average molecular weight is 339 g/mol. The normalized spacial score (nSPS) is 11.5. The summed E-state index contributed by atoms with van der Waals surface area (Å²) in [6.45, 7) is 5.98. The van der Waals surface area contributed by atoms with Crippen molar-refractivity contribution in [2.45, 2.75) is 30.7 Å². The van der Waals surface area contributed by atoms with Crippen LogP contribution in [0.1, 0.15) is 19.4 Å². The van der Waals surface area contributed by atoms with Crippen molar-refractivity contribution >= 4 is 15.9 Å². The minimum absolute atomic E-state index is 0.0283. The van der Waals surface area contributed by atoms with Gasteiger partial charge in [-0.25, -0.2) is 17.6 Å². The van der Waals surface area contributed by atoms with Gasteiger partial charge in [0.1, 0.15) is 0 Å². The lowest BCUT2D eigenvalue weighted by Gasteiger charge is -2.17. The third-order valence-corrected chi connectivity index (χ3v) is 5.33. The van der Waals surface area contributed by atoms with Gasteiger partial charge in [-0.3, -0.25) is 0 Å². The van der Waals surface area contributed by atoms with Crippen molar-refractivity contribution in [2.75, 3.05) is 13.1 Å². The molecule has 0 saturated carbocycles. The monoisotopic (exact) mass is 339 g/mol. The lowest BCUT2D eigenvalue weighted by molar-refractivity contribution is 0.201. The Morgan fingerprint density at radius 1 is 1.26 bits per heavy atom. The van der Waals surface area contributed by atoms with Gasteiger partial charge in [0.05, 0.1) is 11.1 Å². The number of amides is 1. The summed E-state index contributed by atoms with van der Waals surface area (Å²) in [6.07, 6.45) is 0.797. The quantitative estimate of drug-likeness (QED) is 0.858. The maximum Gasteiger partial charge on any atom is 0.344 e. The minimum Gasteiger partial charge on any atom is -0.323 e. The molecule has 0 bridgehead atoms. The van der Waals surface area contributed by atoms with Crippen LogP contribution in [0.3, 0.4) is 0 Å². The predicted octanol–water partition coefficient (Wildman–Crippen LogP) is 2.47. The molecular weight excluding hydrogens is 321 g/mol. The second-order valence-corrected chi connectivity index (χ2v) is 6.78. The van der Waals surface area contributed by atoms with E-state index in [0.29, 0.717) is 18.7 Å². The first-order valence-electron chi connectivity index (χ1n) is 7.18. The molecule has 2 rings (SSSR count). The Labute approximate surface area is 134 Å². The molecule has 0 aliphatic rings. The minimum atomic E-state index is -4.13. The van der Waals surface area contributed by atoms with Gasteiger partial charge >= 0.3 is 6.03 Å². The second kappa shape index (κ2) is 6.49. The molecule has 0 aliphatic heterocycles. The van der Waals surface area contributed by atoms with Crippen LogP contribution < -0.4 is 0 Å². The molecule has 0 atom stereocenters. The number of nitrogens with zero attached hydrogens (tertiary/aromatic N) is 3. The molecule has 0 saturated heterocycles. The van der Waals surface area contributed by atoms with Gasteiger partial charge in [0.15, 0.2) is 5.82 Å². The first-order chi connectivity index (χ1) is 10.8. The van der Waals surface area contributed by atoms with E-state index in [2.05, 4.69) is 5.10 Å². The van der Waals surface area contributed by atoms with Crippen LogP contribution in [0.25, 0.3) is 0 Å². The number of benzene rings is 1. The predicted molar refractivity (Wildman–Crippen MR) is 82.5 cm³/mol. The summed E-state index contributed by atoms with van der Waals surface area (Å²) in [5.41, 5.74) is 0.483. The zero-order chi connectivity index (χ0) is 17.2. The largest absolute Gasteiger partial charge is 0.344 e. The molecule has 1 heterocycles. The van der Waals surface area contributed by atoms with Crippen LogP contribution >= 0.6 is 0 Å². The smallest absolute Gasteiger partial charge is 0.323 e. The van der Waals surface area contributed by atoms with E-state index in [0.717, 1.165) is 10.9 Å². The summed E-state index contributed by atoms with van der Waals surface area (Å²) in [5.74, 6) is -1.05. The summed E-state index contributed by atoms with van der Waals surface area (Å²) in [4.78, 5) is 13.6. The van der Waals surface area contributed by atoms with E-state index in [1.54, 1.807) is 39.0 Å². The second-order valence-electron chi connectivity index (χ2n) is 4.95. The Morgan fingerprint density at radius 3 is 2.43 bits per heavy atom. The maximum atomic E-state index is 14.1. The van der Waals surface area contributed by atoms with Crippen LogP contribution in [0, 0.1) is 12.7 Å². The topological polar surface area (TPSA) is 72.3 Å². The Hall–Kier alpha value is -2.22. The highest BCUT2D eigenvalue weighted by Crippen LogP contribution is 2.24. The fourth-order valence-electron chi connectivity index (χ4n) is 2.22. The molecule has 124 valence electrons. The van der Waals surface area contributed by atoms with Crippen molar-refractivity contribution in [3.8, 4) is 0 Å². The molecule has 0 unspecified atom stereocenters. The van der Waals surface area contributed by atoms with Gasteiger partial charge in [0.25, 0.3) is 0 Å². The highest BCUT2D eigenvalue weighted by molar-refractivity contribution is 7.91. The van der Waals surface area contributed by atoms with Crippen LogP contribution in [0.4, 0.5) is 9.18 Å². The van der Waals surface area contributed by atoms with Gasteiger partial charge in [0, 0.05) is 13.1 Å². The van der Waals surface area contributed by atoms with Crippen LogP contribution in [0.5, 0.6) is 0 Å². The van der Waals surface area contributed by atoms with Gasteiger partial charge in [-0.1, -0.05) is 18.2 Å². The average Bonchev–Trinajstić information content (AvgIpc) is 2.91. The van der Waals surface area contributed by atoms with Crippen molar-refractivity contribution in [1.82, 2.24) is 14.7 Å². The number of carbonyl (C=O) groups excluding carboxylic acids is 1. The molecule has 0 radical (unpaired) electrons. The Morgan fingerprint density at radius 2 is 1.87 bits per heavy atom. The molecule has 1 amide bonds. The number of halogens is 1. The van der Waals surface area contributed by atoms with E-state index in [1.165, 1.54) is 11.0 Å². The summed E-state index contributed by atoms with van der Waals surface area (Å²) in [7, 11) is -4.13. The van der Waals surface area contributed by atoms with E-state index < -0.39 is 26.7 Å². The number of rotatable bonds is 4. The molecule has 1 aromatic carbocycles. The molecule has 23 heavy (non-hydrogen) atoms. The zero-order valence-electron chi connectivity index (χ0n) is 13.2. The highest BCUT2D eigenvalue weighted by Gasteiger charge is 2.29. The summed E-state index contributed by atoms with van der Waals surface area (Å²) in [5, 5.41) is 2.93. The van der Waals surface area contributed by atoms with Crippen LogP contribution in [-0.2, 0) is 9.84 Å². The number of hydrogen-bond acceptors (Lipinski definition) is 4. The standard InChI is InChI=1S/C15H18FN3O3S/c1-4-18(5-2)15(20)19-10-12(16)14(17-19)23(21,22)13-9-7-6-8-11(13)3/h6-10H,4-5H2,1-3H3. The molecule has 0 N–H and O–H groups in total. The zero-order valence-corrected chi connectivity index (χ0v) is 14.0. The first-order valence-corrected chi connectivity index (χ1v) is 8.66. The van der Waals surface area contributed by atoms with E-state index in [-0.39, 0.29) is 4.90 Å². The third kappa shape index (κ3) is 3.12. The van der Waals surface area contributed by atoms with E-state index in [4.69, 9.17) is 0 Å². The first kappa shape index (κ1) is 17.1. The Kier molecular flexibility index (Phi) is 4.84. The van der Waals surface area contributed by atoms with Crippen molar-refractivity contribution in [3.63, 3.8) is 0 Å². The number of carbonyl (C=O) groups is 1. The van der Waals surface area contributed by atoms with Gasteiger partial charge in [-0.2, -0.15) is 4.68 Å². The molecular formula is C15H18FN3O3S. The maximum absolute atomic E-state index is 14.1. The van der Waals surface area contributed by atoms with Crippen molar-refractivity contribution in [2.24, 2.45) is 0 Å². The third-order valence-electron chi connectivity index (χ3n) is 3.51. The molecule has 0 fully saturated rings. The summed E-state index contributed by atoms with van der Waals surface area (Å²) >= 11 is 0. The molecule has 1 aromatic heterocycles. The highest BCUT2D eigenvalue weighted by atomic mass is 32.2. The lowest BCUT2D eigenvalue weighted by atomic mass is 10.2. The van der Waals surface area contributed by atoms with E-state index >= 15 is 0 Å². The van der Waals surface area contributed by atoms with Crippen molar-refractivity contribution in [3.05, 3.63) is 41.8 Å². The molecule has 8 heteroatoms. The molecule has 0 aliphatic carbocycles. The fraction of sp³-hybridized carbons (Fsp3) is 0.333. The lowest BCUT2D eigenvalue weighted by Crippen LogP contribution is -2.34.